The second-order valence-corrected chi connectivity index (χ2v) is 6.28. The molecule has 3 heteroatoms. The third kappa shape index (κ3) is 3.58. The van der Waals surface area contributed by atoms with Crippen LogP contribution in [-0.2, 0) is 6.54 Å². The monoisotopic (exact) mass is 275 g/mol. The van der Waals surface area contributed by atoms with Gasteiger partial charge >= 0.3 is 0 Å². The predicted octanol–water partition coefficient (Wildman–Crippen LogP) is 4.22. The number of aryl methyl sites for hydroxylation is 2. The van der Waals surface area contributed by atoms with Crippen molar-refractivity contribution < 1.29 is 4.74 Å². The van der Waals surface area contributed by atoms with Gasteiger partial charge in [0.2, 0.25) is 0 Å². The van der Waals surface area contributed by atoms with E-state index < -0.39 is 0 Å². The van der Waals surface area contributed by atoms with Crippen LogP contribution in [-0.4, -0.2) is 7.11 Å². The van der Waals surface area contributed by atoms with Crippen LogP contribution < -0.4 is 10.1 Å². The lowest BCUT2D eigenvalue weighted by atomic mass is 10.1. The van der Waals surface area contributed by atoms with E-state index in [9.17, 15) is 0 Å². The summed E-state index contributed by atoms with van der Waals surface area (Å²) in [6.45, 7) is 7.42. The minimum absolute atomic E-state index is 0.371. The molecule has 1 aromatic carbocycles. The van der Waals surface area contributed by atoms with Gasteiger partial charge in [-0.05, 0) is 50.1 Å². The van der Waals surface area contributed by atoms with E-state index in [0.29, 0.717) is 6.04 Å². The zero-order valence-electron chi connectivity index (χ0n) is 12.0. The number of benzene rings is 1. The molecule has 0 spiro atoms. The maximum atomic E-state index is 5.24. The molecular formula is C16H21NOS. The van der Waals surface area contributed by atoms with Crippen LogP contribution in [0.3, 0.4) is 0 Å². The number of rotatable bonds is 5. The third-order valence-corrected chi connectivity index (χ3v) is 4.27. The Morgan fingerprint density at radius 1 is 1.26 bits per heavy atom. The van der Waals surface area contributed by atoms with Crippen LogP contribution in [0.5, 0.6) is 5.75 Å². The van der Waals surface area contributed by atoms with E-state index >= 15 is 0 Å². The summed E-state index contributed by atoms with van der Waals surface area (Å²) in [6, 6.07) is 10.8. The third-order valence-electron chi connectivity index (χ3n) is 3.29. The number of thiophene rings is 1. The van der Waals surface area contributed by atoms with Crippen molar-refractivity contribution in [3.63, 3.8) is 0 Å². The Morgan fingerprint density at radius 2 is 2.05 bits per heavy atom. The van der Waals surface area contributed by atoms with E-state index in [4.69, 9.17) is 4.74 Å². The van der Waals surface area contributed by atoms with E-state index in [1.807, 2.05) is 23.5 Å². The number of ether oxygens (including phenoxy) is 1. The zero-order chi connectivity index (χ0) is 13.8. The Morgan fingerprint density at radius 3 is 2.68 bits per heavy atom. The molecule has 1 atom stereocenters. The summed E-state index contributed by atoms with van der Waals surface area (Å²) in [5.74, 6) is 0.912. The lowest BCUT2D eigenvalue weighted by Gasteiger charge is -2.14. The second kappa shape index (κ2) is 6.22. The molecule has 19 heavy (non-hydrogen) atoms. The fraction of sp³-hybridized carbons (Fsp3) is 0.375. The first-order valence-electron chi connectivity index (χ1n) is 6.53. The highest BCUT2D eigenvalue weighted by atomic mass is 32.1. The van der Waals surface area contributed by atoms with Crippen LogP contribution in [0.15, 0.2) is 30.3 Å². The number of nitrogens with one attached hydrogen (secondary N) is 1. The summed E-state index contributed by atoms with van der Waals surface area (Å²) in [4.78, 5) is 2.78. The van der Waals surface area contributed by atoms with Crippen molar-refractivity contribution in [3.8, 4) is 5.75 Å². The van der Waals surface area contributed by atoms with Gasteiger partial charge in [0.1, 0.15) is 5.75 Å². The number of hydrogen-bond acceptors (Lipinski definition) is 3. The first-order chi connectivity index (χ1) is 9.10. The lowest BCUT2D eigenvalue weighted by molar-refractivity contribution is 0.414. The molecule has 0 amide bonds. The van der Waals surface area contributed by atoms with Gasteiger partial charge in [-0.15, -0.1) is 11.3 Å². The number of hydrogen-bond donors (Lipinski definition) is 1. The summed E-state index contributed by atoms with van der Waals surface area (Å²) in [5.41, 5.74) is 2.65. The van der Waals surface area contributed by atoms with Crippen molar-refractivity contribution in [2.45, 2.75) is 33.4 Å². The van der Waals surface area contributed by atoms with Crippen LogP contribution >= 0.6 is 11.3 Å². The van der Waals surface area contributed by atoms with Crippen molar-refractivity contribution in [1.82, 2.24) is 5.32 Å². The fourth-order valence-electron chi connectivity index (χ4n) is 2.24. The highest BCUT2D eigenvalue weighted by Crippen LogP contribution is 2.26. The molecule has 0 saturated carbocycles. The van der Waals surface area contributed by atoms with Crippen LogP contribution in [0.1, 0.15) is 33.8 Å². The molecule has 2 nitrogen and oxygen atoms in total. The molecule has 2 rings (SSSR count). The first kappa shape index (κ1) is 14.1. The molecule has 0 aliphatic heterocycles. The minimum Gasteiger partial charge on any atom is -0.497 e. The topological polar surface area (TPSA) is 21.3 Å². The molecule has 0 radical (unpaired) electrons. The predicted molar refractivity (Wildman–Crippen MR) is 82.0 cm³/mol. The quantitative estimate of drug-likeness (QED) is 0.882. The van der Waals surface area contributed by atoms with E-state index in [-0.39, 0.29) is 0 Å². The van der Waals surface area contributed by atoms with Crippen molar-refractivity contribution in [1.29, 1.82) is 0 Å². The van der Waals surface area contributed by atoms with Crippen molar-refractivity contribution in [2.24, 2.45) is 0 Å². The van der Waals surface area contributed by atoms with E-state index in [1.165, 1.54) is 20.9 Å². The smallest absolute Gasteiger partial charge is 0.119 e. The highest BCUT2D eigenvalue weighted by molar-refractivity contribution is 7.12. The molecule has 1 heterocycles. The first-order valence-corrected chi connectivity index (χ1v) is 7.35. The van der Waals surface area contributed by atoms with Crippen molar-refractivity contribution in [3.05, 3.63) is 51.2 Å². The Balaban J connectivity index is 2.00. The summed E-state index contributed by atoms with van der Waals surface area (Å²) >= 11 is 1.87. The summed E-state index contributed by atoms with van der Waals surface area (Å²) in [6.07, 6.45) is 0. The summed E-state index contributed by atoms with van der Waals surface area (Å²) in [5, 5.41) is 3.57. The van der Waals surface area contributed by atoms with Crippen LogP contribution in [0.2, 0.25) is 0 Å². The van der Waals surface area contributed by atoms with Crippen molar-refractivity contribution in [2.75, 3.05) is 7.11 Å². The van der Waals surface area contributed by atoms with E-state index in [2.05, 4.69) is 44.3 Å². The minimum atomic E-state index is 0.371. The Hall–Kier alpha value is -1.32. The normalized spacial score (nSPS) is 12.4. The van der Waals surface area contributed by atoms with Gasteiger partial charge in [0.25, 0.3) is 0 Å². The van der Waals surface area contributed by atoms with Gasteiger partial charge in [0, 0.05) is 22.3 Å². The average molecular weight is 275 g/mol. The molecule has 0 fully saturated rings. The fourth-order valence-corrected chi connectivity index (χ4v) is 3.27. The average Bonchev–Trinajstić information content (AvgIpc) is 2.75. The Bertz CT molecular complexity index is 547. The largest absolute Gasteiger partial charge is 0.497 e. The molecular weight excluding hydrogens is 254 g/mol. The summed E-state index contributed by atoms with van der Waals surface area (Å²) in [7, 11) is 1.70. The molecule has 1 unspecified atom stereocenters. The zero-order valence-corrected chi connectivity index (χ0v) is 12.8. The maximum absolute atomic E-state index is 5.24. The molecule has 0 aliphatic rings. The van der Waals surface area contributed by atoms with Gasteiger partial charge in [-0.1, -0.05) is 12.1 Å². The van der Waals surface area contributed by atoms with Crippen molar-refractivity contribution >= 4 is 11.3 Å². The molecule has 0 saturated heterocycles. The van der Waals surface area contributed by atoms with Crippen LogP contribution in [0.4, 0.5) is 0 Å². The van der Waals surface area contributed by atoms with Crippen LogP contribution in [0.25, 0.3) is 0 Å². The Kier molecular flexibility index (Phi) is 4.61. The summed E-state index contributed by atoms with van der Waals surface area (Å²) < 4.78 is 5.24. The molecule has 1 aromatic heterocycles. The molecule has 0 bridgehead atoms. The van der Waals surface area contributed by atoms with Gasteiger partial charge < -0.3 is 10.1 Å². The lowest BCUT2D eigenvalue weighted by Crippen LogP contribution is -2.18. The SMILES string of the molecule is COc1cccc(CNC(C)c2cc(C)sc2C)c1. The molecule has 102 valence electrons. The van der Waals surface area contributed by atoms with E-state index in [0.717, 1.165) is 12.3 Å². The van der Waals surface area contributed by atoms with Gasteiger partial charge in [0.05, 0.1) is 7.11 Å². The maximum Gasteiger partial charge on any atom is 0.119 e. The highest BCUT2D eigenvalue weighted by Gasteiger charge is 2.10. The van der Waals surface area contributed by atoms with Gasteiger partial charge in [0.15, 0.2) is 0 Å². The van der Waals surface area contributed by atoms with Gasteiger partial charge in [-0.3, -0.25) is 0 Å². The molecule has 0 aliphatic carbocycles. The van der Waals surface area contributed by atoms with Gasteiger partial charge in [-0.2, -0.15) is 0 Å². The van der Waals surface area contributed by atoms with Crippen LogP contribution in [0, 0.1) is 13.8 Å². The molecule has 2 aromatic rings. The standard InChI is InChI=1S/C16H21NOS/c1-11-8-16(13(3)19-11)12(2)17-10-14-6-5-7-15(9-14)18-4/h5-9,12,17H,10H2,1-4H3. The second-order valence-electron chi connectivity index (χ2n) is 4.82. The van der Waals surface area contributed by atoms with Gasteiger partial charge in [-0.25, -0.2) is 0 Å². The number of methoxy groups -OCH3 is 1. The Labute approximate surface area is 119 Å². The molecule has 1 N–H and O–H groups in total. The van der Waals surface area contributed by atoms with E-state index in [1.54, 1.807) is 7.11 Å².